The normalized spacial score (nSPS) is 10.6. The van der Waals surface area contributed by atoms with Crippen molar-refractivity contribution in [1.29, 1.82) is 0 Å². The van der Waals surface area contributed by atoms with Crippen molar-refractivity contribution < 1.29 is 9.53 Å². The standard InChI is InChI=1S/C20H23N5O2S/c1-3-11-25-19(16-5-4-10-21-13-16)23-24-20(25)28-14-18(26)22-12-15-6-8-17(27-2)9-7-15/h4-10,13H,3,11-12,14H2,1-2H3,(H,22,26). The van der Waals surface area contributed by atoms with Gasteiger partial charge in [0.25, 0.3) is 0 Å². The van der Waals surface area contributed by atoms with Gasteiger partial charge in [-0.2, -0.15) is 0 Å². The van der Waals surface area contributed by atoms with Crippen molar-refractivity contribution in [2.75, 3.05) is 12.9 Å². The van der Waals surface area contributed by atoms with Crippen LogP contribution >= 0.6 is 11.8 Å². The van der Waals surface area contributed by atoms with E-state index in [1.807, 2.05) is 41.0 Å². The topological polar surface area (TPSA) is 81.9 Å². The van der Waals surface area contributed by atoms with Crippen molar-refractivity contribution in [2.45, 2.75) is 31.6 Å². The summed E-state index contributed by atoms with van der Waals surface area (Å²) in [4.78, 5) is 16.4. The quantitative estimate of drug-likeness (QED) is 0.559. The third-order valence-corrected chi connectivity index (χ3v) is 5.03. The summed E-state index contributed by atoms with van der Waals surface area (Å²) in [6.45, 7) is 3.36. The monoisotopic (exact) mass is 397 g/mol. The van der Waals surface area contributed by atoms with E-state index in [-0.39, 0.29) is 11.7 Å². The van der Waals surface area contributed by atoms with Crippen LogP contribution in [0.5, 0.6) is 5.75 Å². The average molecular weight is 398 g/mol. The summed E-state index contributed by atoms with van der Waals surface area (Å²) in [7, 11) is 1.63. The Kier molecular flexibility index (Phi) is 7.02. The highest BCUT2D eigenvalue weighted by atomic mass is 32.2. The molecule has 0 radical (unpaired) electrons. The van der Waals surface area contributed by atoms with Gasteiger partial charge < -0.3 is 14.6 Å². The first kappa shape index (κ1) is 19.9. The smallest absolute Gasteiger partial charge is 0.230 e. The van der Waals surface area contributed by atoms with Crippen LogP contribution in [0.25, 0.3) is 11.4 Å². The lowest BCUT2D eigenvalue weighted by atomic mass is 10.2. The minimum absolute atomic E-state index is 0.0465. The second-order valence-electron chi connectivity index (χ2n) is 6.11. The number of nitrogens with zero attached hydrogens (tertiary/aromatic N) is 4. The van der Waals surface area contributed by atoms with Crippen molar-refractivity contribution >= 4 is 17.7 Å². The Bertz CT molecular complexity index is 897. The highest BCUT2D eigenvalue weighted by molar-refractivity contribution is 7.99. The van der Waals surface area contributed by atoms with Crippen LogP contribution in [0, 0.1) is 0 Å². The Hall–Kier alpha value is -2.87. The van der Waals surface area contributed by atoms with E-state index in [0.717, 1.165) is 40.8 Å². The molecule has 146 valence electrons. The second kappa shape index (κ2) is 9.89. The molecule has 0 bridgehead atoms. The van der Waals surface area contributed by atoms with Gasteiger partial charge in [-0.3, -0.25) is 9.78 Å². The molecule has 0 atom stereocenters. The maximum atomic E-state index is 12.2. The number of hydrogen-bond donors (Lipinski definition) is 1. The van der Waals surface area contributed by atoms with E-state index in [0.29, 0.717) is 6.54 Å². The number of ether oxygens (including phenoxy) is 1. The van der Waals surface area contributed by atoms with Gasteiger partial charge >= 0.3 is 0 Å². The number of rotatable bonds is 9. The zero-order valence-electron chi connectivity index (χ0n) is 16.0. The van der Waals surface area contributed by atoms with Crippen LogP contribution in [0.1, 0.15) is 18.9 Å². The minimum atomic E-state index is -0.0465. The predicted octanol–water partition coefficient (Wildman–Crippen LogP) is 3.17. The molecular weight excluding hydrogens is 374 g/mol. The molecule has 3 rings (SSSR count). The van der Waals surface area contributed by atoms with Crippen LogP contribution in [0.4, 0.5) is 0 Å². The fourth-order valence-electron chi connectivity index (χ4n) is 2.65. The van der Waals surface area contributed by atoms with E-state index >= 15 is 0 Å². The number of carbonyl (C=O) groups excluding carboxylic acids is 1. The lowest BCUT2D eigenvalue weighted by Crippen LogP contribution is -2.24. The predicted molar refractivity (Wildman–Crippen MR) is 109 cm³/mol. The SMILES string of the molecule is CCCn1c(SCC(=O)NCc2ccc(OC)cc2)nnc1-c1cccnc1. The van der Waals surface area contributed by atoms with Gasteiger partial charge in [-0.15, -0.1) is 10.2 Å². The van der Waals surface area contributed by atoms with E-state index in [9.17, 15) is 4.79 Å². The van der Waals surface area contributed by atoms with Crippen molar-refractivity contribution in [3.8, 4) is 17.1 Å². The number of amides is 1. The molecule has 1 amide bonds. The number of aromatic nitrogens is 4. The number of benzene rings is 1. The molecule has 2 aromatic heterocycles. The average Bonchev–Trinajstić information content (AvgIpc) is 3.14. The van der Waals surface area contributed by atoms with Crippen molar-refractivity contribution in [1.82, 2.24) is 25.1 Å². The lowest BCUT2D eigenvalue weighted by molar-refractivity contribution is -0.118. The zero-order chi connectivity index (χ0) is 19.8. The van der Waals surface area contributed by atoms with E-state index in [2.05, 4.69) is 27.4 Å². The Morgan fingerprint density at radius 3 is 2.71 bits per heavy atom. The summed E-state index contributed by atoms with van der Waals surface area (Å²) in [5.74, 6) is 1.81. The molecule has 8 heteroatoms. The molecule has 0 aliphatic carbocycles. The number of pyridine rings is 1. The molecule has 0 spiro atoms. The molecule has 0 fully saturated rings. The Balaban J connectivity index is 1.58. The summed E-state index contributed by atoms with van der Waals surface area (Å²) >= 11 is 1.39. The molecule has 28 heavy (non-hydrogen) atoms. The molecule has 0 aliphatic rings. The van der Waals surface area contributed by atoms with E-state index in [1.165, 1.54) is 11.8 Å². The number of thioether (sulfide) groups is 1. The Labute approximate surface area is 168 Å². The summed E-state index contributed by atoms with van der Waals surface area (Å²) in [6.07, 6.45) is 4.45. The van der Waals surface area contributed by atoms with Gasteiger partial charge in [0, 0.05) is 31.0 Å². The van der Waals surface area contributed by atoms with Crippen molar-refractivity contribution in [2.24, 2.45) is 0 Å². The third kappa shape index (κ3) is 5.10. The summed E-state index contributed by atoms with van der Waals surface area (Å²) in [5.41, 5.74) is 1.94. The van der Waals surface area contributed by atoms with Crippen LogP contribution in [0.15, 0.2) is 53.9 Å². The fourth-order valence-corrected chi connectivity index (χ4v) is 3.45. The number of carbonyl (C=O) groups is 1. The van der Waals surface area contributed by atoms with Gasteiger partial charge in [0.15, 0.2) is 11.0 Å². The van der Waals surface area contributed by atoms with Gasteiger partial charge in [0.1, 0.15) is 5.75 Å². The molecule has 0 saturated heterocycles. The minimum Gasteiger partial charge on any atom is -0.497 e. The molecule has 0 saturated carbocycles. The fraction of sp³-hybridized carbons (Fsp3) is 0.300. The van der Waals surface area contributed by atoms with E-state index < -0.39 is 0 Å². The first-order chi connectivity index (χ1) is 13.7. The van der Waals surface area contributed by atoms with Crippen LogP contribution in [0.3, 0.4) is 0 Å². The molecule has 7 nitrogen and oxygen atoms in total. The summed E-state index contributed by atoms with van der Waals surface area (Å²) in [6, 6.07) is 11.5. The number of methoxy groups -OCH3 is 1. The van der Waals surface area contributed by atoms with Gasteiger partial charge in [-0.05, 0) is 36.2 Å². The van der Waals surface area contributed by atoms with Crippen LogP contribution in [0.2, 0.25) is 0 Å². The van der Waals surface area contributed by atoms with Gasteiger partial charge in [-0.25, -0.2) is 0 Å². The van der Waals surface area contributed by atoms with E-state index in [1.54, 1.807) is 19.5 Å². The first-order valence-electron chi connectivity index (χ1n) is 9.07. The zero-order valence-corrected chi connectivity index (χ0v) is 16.8. The third-order valence-electron chi connectivity index (χ3n) is 4.06. The van der Waals surface area contributed by atoms with Crippen LogP contribution in [-0.2, 0) is 17.9 Å². The number of nitrogens with one attached hydrogen (secondary N) is 1. The van der Waals surface area contributed by atoms with Crippen LogP contribution < -0.4 is 10.1 Å². The first-order valence-corrected chi connectivity index (χ1v) is 10.1. The molecule has 1 aromatic carbocycles. The van der Waals surface area contributed by atoms with Crippen LogP contribution in [-0.4, -0.2) is 38.5 Å². The summed E-state index contributed by atoms with van der Waals surface area (Å²) < 4.78 is 7.18. The maximum absolute atomic E-state index is 12.2. The van der Waals surface area contributed by atoms with Gasteiger partial charge in [0.05, 0.1) is 12.9 Å². The van der Waals surface area contributed by atoms with Gasteiger partial charge in [-0.1, -0.05) is 30.8 Å². The van der Waals surface area contributed by atoms with Crippen molar-refractivity contribution in [3.05, 3.63) is 54.4 Å². The highest BCUT2D eigenvalue weighted by Crippen LogP contribution is 2.23. The second-order valence-corrected chi connectivity index (χ2v) is 7.06. The molecule has 0 aliphatic heterocycles. The highest BCUT2D eigenvalue weighted by Gasteiger charge is 2.15. The Morgan fingerprint density at radius 2 is 2.04 bits per heavy atom. The van der Waals surface area contributed by atoms with Crippen molar-refractivity contribution in [3.63, 3.8) is 0 Å². The molecule has 2 heterocycles. The van der Waals surface area contributed by atoms with E-state index in [4.69, 9.17) is 4.74 Å². The molecule has 1 N–H and O–H groups in total. The largest absolute Gasteiger partial charge is 0.497 e. The Morgan fingerprint density at radius 1 is 1.21 bits per heavy atom. The molecular formula is C20H23N5O2S. The van der Waals surface area contributed by atoms with Gasteiger partial charge in [0.2, 0.25) is 5.91 Å². The maximum Gasteiger partial charge on any atom is 0.230 e. The molecule has 3 aromatic rings. The molecule has 0 unspecified atom stereocenters. The summed E-state index contributed by atoms with van der Waals surface area (Å²) in [5, 5.41) is 12.2. The lowest BCUT2D eigenvalue weighted by Gasteiger charge is -2.09. The number of hydrogen-bond acceptors (Lipinski definition) is 6.